The Bertz CT molecular complexity index is 149. The molecule has 0 aliphatic heterocycles. The van der Waals surface area contributed by atoms with Gasteiger partial charge >= 0.3 is 0 Å². The standard InChI is InChI=1S/C6H8N2.C2H6.CH4/c7-5-6-1-3-8-4-2-6;1-2;/h1-4H,5,7H2;1-2H3;1H4. The van der Waals surface area contributed by atoms with Crippen molar-refractivity contribution >= 4 is 0 Å². The lowest BCUT2D eigenvalue weighted by Gasteiger charge is -1.89. The number of rotatable bonds is 1. The van der Waals surface area contributed by atoms with Gasteiger partial charge in [-0.25, -0.2) is 0 Å². The maximum absolute atomic E-state index is 5.32. The predicted octanol–water partition coefficient (Wildman–Crippen LogP) is 2.20. The summed E-state index contributed by atoms with van der Waals surface area (Å²) in [5, 5.41) is 0. The van der Waals surface area contributed by atoms with Gasteiger partial charge in [-0.3, -0.25) is 4.98 Å². The van der Waals surface area contributed by atoms with Crippen molar-refractivity contribution in [1.29, 1.82) is 0 Å². The van der Waals surface area contributed by atoms with E-state index < -0.39 is 0 Å². The van der Waals surface area contributed by atoms with Crippen LogP contribution in [0.1, 0.15) is 26.8 Å². The predicted molar refractivity (Wildman–Crippen MR) is 50.2 cm³/mol. The van der Waals surface area contributed by atoms with Crippen LogP contribution in [0.3, 0.4) is 0 Å². The van der Waals surface area contributed by atoms with Crippen LogP contribution in [0.5, 0.6) is 0 Å². The highest BCUT2D eigenvalue weighted by molar-refractivity contribution is 5.08. The Balaban J connectivity index is 0. The molecule has 1 rings (SSSR count). The van der Waals surface area contributed by atoms with Crippen LogP contribution in [-0.4, -0.2) is 4.98 Å². The molecule has 0 saturated heterocycles. The zero-order valence-corrected chi connectivity index (χ0v) is 6.54. The maximum atomic E-state index is 5.32. The van der Waals surface area contributed by atoms with Gasteiger partial charge in [-0.05, 0) is 17.7 Å². The molecule has 0 unspecified atom stereocenters. The Morgan fingerprint density at radius 2 is 1.73 bits per heavy atom. The lowest BCUT2D eigenvalue weighted by Crippen LogP contribution is -1.94. The Kier molecular flexibility index (Phi) is 10.6. The summed E-state index contributed by atoms with van der Waals surface area (Å²) in [5.74, 6) is 0. The van der Waals surface area contributed by atoms with Gasteiger partial charge in [-0.1, -0.05) is 21.3 Å². The quantitative estimate of drug-likeness (QED) is 0.673. The van der Waals surface area contributed by atoms with Crippen molar-refractivity contribution in [1.82, 2.24) is 4.98 Å². The average molecular weight is 154 g/mol. The monoisotopic (exact) mass is 154 g/mol. The van der Waals surface area contributed by atoms with E-state index in [9.17, 15) is 0 Å². The summed E-state index contributed by atoms with van der Waals surface area (Å²) in [6, 6.07) is 3.81. The maximum Gasteiger partial charge on any atom is 0.0271 e. The minimum absolute atomic E-state index is 0. The molecule has 2 heteroatoms. The second-order valence-corrected chi connectivity index (χ2v) is 1.56. The molecule has 1 aromatic heterocycles. The van der Waals surface area contributed by atoms with E-state index in [1.165, 1.54) is 0 Å². The molecule has 0 aromatic carbocycles. The highest BCUT2D eigenvalue weighted by atomic mass is 14.6. The van der Waals surface area contributed by atoms with Crippen molar-refractivity contribution in [3.63, 3.8) is 0 Å². The van der Waals surface area contributed by atoms with E-state index >= 15 is 0 Å². The third-order valence-electron chi connectivity index (χ3n) is 0.985. The van der Waals surface area contributed by atoms with Crippen LogP contribution < -0.4 is 5.73 Å². The topological polar surface area (TPSA) is 38.9 Å². The summed E-state index contributed by atoms with van der Waals surface area (Å²) in [5.41, 5.74) is 6.45. The lowest BCUT2D eigenvalue weighted by molar-refractivity contribution is 1.06. The van der Waals surface area contributed by atoms with Crippen LogP contribution in [0.15, 0.2) is 24.5 Å². The average Bonchev–Trinajstić information content (AvgIpc) is 2.10. The molecular formula is C9H18N2. The zero-order chi connectivity index (χ0) is 7.82. The molecule has 0 amide bonds. The molecule has 2 nitrogen and oxygen atoms in total. The van der Waals surface area contributed by atoms with Crippen LogP contribution in [0, 0.1) is 0 Å². The molecule has 0 spiro atoms. The van der Waals surface area contributed by atoms with Gasteiger partial charge in [0.2, 0.25) is 0 Å². The number of hydrogen-bond donors (Lipinski definition) is 1. The van der Waals surface area contributed by atoms with Crippen LogP contribution >= 0.6 is 0 Å². The van der Waals surface area contributed by atoms with Crippen molar-refractivity contribution in [2.45, 2.75) is 27.8 Å². The van der Waals surface area contributed by atoms with Crippen molar-refractivity contribution in [3.05, 3.63) is 30.1 Å². The van der Waals surface area contributed by atoms with Gasteiger partial charge in [0.1, 0.15) is 0 Å². The van der Waals surface area contributed by atoms with E-state index in [4.69, 9.17) is 5.73 Å². The first-order valence-corrected chi connectivity index (χ1v) is 3.52. The molecule has 1 aromatic rings. The largest absolute Gasteiger partial charge is 0.326 e. The van der Waals surface area contributed by atoms with Gasteiger partial charge < -0.3 is 5.73 Å². The van der Waals surface area contributed by atoms with Gasteiger partial charge in [0.05, 0.1) is 0 Å². The molecule has 1 heterocycles. The summed E-state index contributed by atoms with van der Waals surface area (Å²) in [6.07, 6.45) is 3.48. The fraction of sp³-hybridized carbons (Fsp3) is 0.444. The van der Waals surface area contributed by atoms with Crippen LogP contribution in [0.25, 0.3) is 0 Å². The summed E-state index contributed by atoms with van der Waals surface area (Å²) >= 11 is 0. The Hall–Kier alpha value is -0.890. The third-order valence-corrected chi connectivity index (χ3v) is 0.985. The lowest BCUT2D eigenvalue weighted by atomic mass is 10.3. The number of hydrogen-bond acceptors (Lipinski definition) is 2. The van der Waals surface area contributed by atoms with Crippen LogP contribution in [0.2, 0.25) is 0 Å². The minimum atomic E-state index is 0. The van der Waals surface area contributed by atoms with E-state index in [2.05, 4.69) is 4.98 Å². The van der Waals surface area contributed by atoms with E-state index in [0.29, 0.717) is 6.54 Å². The smallest absolute Gasteiger partial charge is 0.0271 e. The normalized spacial score (nSPS) is 7.18. The number of nitrogens with two attached hydrogens (primary N) is 1. The molecular weight excluding hydrogens is 136 g/mol. The van der Waals surface area contributed by atoms with E-state index in [-0.39, 0.29) is 7.43 Å². The zero-order valence-electron chi connectivity index (χ0n) is 6.54. The molecule has 0 radical (unpaired) electrons. The van der Waals surface area contributed by atoms with Crippen molar-refractivity contribution in [2.24, 2.45) is 5.73 Å². The van der Waals surface area contributed by atoms with Crippen molar-refractivity contribution in [2.75, 3.05) is 0 Å². The second kappa shape index (κ2) is 9.11. The molecule has 0 fully saturated rings. The second-order valence-electron chi connectivity index (χ2n) is 1.56. The van der Waals surface area contributed by atoms with Gasteiger partial charge in [0, 0.05) is 18.9 Å². The van der Waals surface area contributed by atoms with E-state index in [1.54, 1.807) is 12.4 Å². The molecule has 0 aliphatic carbocycles. The van der Waals surface area contributed by atoms with E-state index in [0.717, 1.165) is 5.56 Å². The third kappa shape index (κ3) is 5.55. The molecule has 0 saturated carbocycles. The van der Waals surface area contributed by atoms with Crippen molar-refractivity contribution < 1.29 is 0 Å². The molecule has 0 aliphatic rings. The Labute approximate surface area is 69.5 Å². The first-order chi connectivity index (χ1) is 4.93. The molecule has 0 bridgehead atoms. The van der Waals surface area contributed by atoms with Gasteiger partial charge in [-0.15, -0.1) is 0 Å². The summed E-state index contributed by atoms with van der Waals surface area (Å²) < 4.78 is 0. The fourth-order valence-electron chi connectivity index (χ4n) is 0.519. The summed E-state index contributed by atoms with van der Waals surface area (Å²) in [6.45, 7) is 4.60. The number of aromatic nitrogens is 1. The van der Waals surface area contributed by atoms with Crippen LogP contribution in [0.4, 0.5) is 0 Å². The molecule has 0 atom stereocenters. The number of nitrogens with zero attached hydrogens (tertiary/aromatic N) is 1. The van der Waals surface area contributed by atoms with Gasteiger partial charge in [0.25, 0.3) is 0 Å². The number of pyridine rings is 1. The van der Waals surface area contributed by atoms with Crippen LogP contribution in [-0.2, 0) is 6.54 Å². The molecule has 64 valence electrons. The van der Waals surface area contributed by atoms with E-state index in [1.807, 2.05) is 26.0 Å². The SMILES string of the molecule is C.CC.NCc1ccncc1. The summed E-state index contributed by atoms with van der Waals surface area (Å²) in [4.78, 5) is 3.84. The Morgan fingerprint density at radius 1 is 1.27 bits per heavy atom. The first-order valence-electron chi connectivity index (χ1n) is 3.52. The summed E-state index contributed by atoms with van der Waals surface area (Å²) in [7, 11) is 0. The Morgan fingerprint density at radius 3 is 2.00 bits per heavy atom. The minimum Gasteiger partial charge on any atom is -0.326 e. The first kappa shape index (κ1) is 12.8. The fourth-order valence-corrected chi connectivity index (χ4v) is 0.519. The van der Waals surface area contributed by atoms with Crippen molar-refractivity contribution in [3.8, 4) is 0 Å². The highest BCUT2D eigenvalue weighted by Crippen LogP contribution is 1.91. The van der Waals surface area contributed by atoms with Gasteiger partial charge in [-0.2, -0.15) is 0 Å². The highest BCUT2D eigenvalue weighted by Gasteiger charge is 1.80. The molecule has 2 N–H and O–H groups in total. The van der Waals surface area contributed by atoms with Gasteiger partial charge in [0.15, 0.2) is 0 Å². The molecule has 11 heavy (non-hydrogen) atoms.